The summed E-state index contributed by atoms with van der Waals surface area (Å²) >= 11 is 0. The van der Waals surface area contributed by atoms with Gasteiger partial charge in [0.1, 0.15) is 18.1 Å². The van der Waals surface area contributed by atoms with Crippen LogP contribution in [-0.4, -0.2) is 48.0 Å². The predicted octanol–water partition coefficient (Wildman–Crippen LogP) is 3.30. The monoisotopic (exact) mass is 391 g/mol. The van der Waals surface area contributed by atoms with Crippen LogP contribution < -0.4 is 9.47 Å². The summed E-state index contributed by atoms with van der Waals surface area (Å²) in [5.41, 5.74) is -1.17. The Kier molecular flexibility index (Phi) is 7.87. The number of nitro groups is 2. The molecule has 0 fully saturated rings. The summed E-state index contributed by atoms with van der Waals surface area (Å²) in [7, 11) is 3.03. The van der Waals surface area contributed by atoms with Crippen LogP contribution >= 0.6 is 0 Å². The summed E-state index contributed by atoms with van der Waals surface area (Å²) < 4.78 is 10.6. The molecule has 0 aliphatic carbocycles. The van der Waals surface area contributed by atoms with E-state index in [0.717, 1.165) is 18.2 Å². The van der Waals surface area contributed by atoms with Gasteiger partial charge in [0.05, 0.1) is 35.1 Å². The minimum atomic E-state index is -0.781. The van der Waals surface area contributed by atoms with Crippen LogP contribution in [0.25, 0.3) is 0 Å². The maximum absolute atomic E-state index is 12.4. The number of likely N-dealkylation sites (N-methyl/N-ethyl adjacent to an activating group) is 1. The van der Waals surface area contributed by atoms with Crippen molar-refractivity contribution >= 4 is 17.3 Å². The van der Waals surface area contributed by atoms with Crippen LogP contribution in [0.4, 0.5) is 11.4 Å². The molecule has 0 radical (unpaired) electrons. The zero-order valence-corrected chi connectivity index (χ0v) is 14.7. The van der Waals surface area contributed by atoms with Gasteiger partial charge in [-0.2, -0.15) is 0 Å². The van der Waals surface area contributed by atoms with Gasteiger partial charge in [0.2, 0.25) is 0 Å². The maximum Gasteiger partial charge on any atom is 0.277 e. The largest absolute Gasteiger partial charge is 0.497 e. The summed E-state index contributed by atoms with van der Waals surface area (Å²) in [5.74, 6) is 0.685. The van der Waals surface area contributed by atoms with Crippen LogP contribution in [0.3, 0.4) is 0 Å². The van der Waals surface area contributed by atoms with Crippen molar-refractivity contribution in [3.05, 3.63) is 68.3 Å². The number of methoxy groups -OCH3 is 1. The summed E-state index contributed by atoms with van der Waals surface area (Å²) in [6.45, 7) is 0.354. The first-order valence-corrected chi connectivity index (χ1v) is 7.78. The van der Waals surface area contributed by atoms with Gasteiger partial charge >= 0.3 is 0 Å². The maximum atomic E-state index is 12.4. The summed E-state index contributed by atoms with van der Waals surface area (Å²) in [5, 5.41) is 21.8. The molecular weight excluding hydrogens is 370 g/mol. The van der Waals surface area contributed by atoms with Crippen molar-refractivity contribution in [3.63, 3.8) is 0 Å². The molecular formula is C18H21N3O7. The van der Waals surface area contributed by atoms with Crippen molar-refractivity contribution in [2.45, 2.75) is 7.43 Å². The van der Waals surface area contributed by atoms with Crippen molar-refractivity contribution < 1.29 is 24.1 Å². The molecule has 28 heavy (non-hydrogen) atoms. The van der Waals surface area contributed by atoms with Gasteiger partial charge in [0.15, 0.2) is 0 Å². The van der Waals surface area contributed by atoms with E-state index in [1.807, 2.05) is 0 Å². The SMILES string of the molecule is C.COc1ccc(OCCN(C)C(=O)c2cc([N+](=O)[O-])cc([N+](=O)[O-])c2)cc1. The lowest BCUT2D eigenvalue weighted by Gasteiger charge is -2.17. The van der Waals surface area contributed by atoms with E-state index in [4.69, 9.17) is 9.47 Å². The van der Waals surface area contributed by atoms with Crippen LogP contribution in [0.1, 0.15) is 17.8 Å². The zero-order chi connectivity index (χ0) is 20.0. The highest BCUT2D eigenvalue weighted by atomic mass is 16.6. The van der Waals surface area contributed by atoms with E-state index in [9.17, 15) is 25.0 Å². The van der Waals surface area contributed by atoms with Crippen LogP contribution in [0, 0.1) is 20.2 Å². The number of amides is 1. The first-order chi connectivity index (χ1) is 12.8. The van der Waals surface area contributed by atoms with Crippen LogP contribution in [0.15, 0.2) is 42.5 Å². The Morgan fingerprint density at radius 2 is 1.50 bits per heavy atom. The van der Waals surface area contributed by atoms with Crippen LogP contribution in [0.2, 0.25) is 0 Å². The van der Waals surface area contributed by atoms with E-state index in [-0.39, 0.29) is 26.1 Å². The molecule has 0 saturated heterocycles. The Morgan fingerprint density at radius 1 is 1.00 bits per heavy atom. The highest BCUT2D eigenvalue weighted by Gasteiger charge is 2.21. The first kappa shape index (κ1) is 22.4. The molecule has 150 valence electrons. The van der Waals surface area contributed by atoms with E-state index in [1.165, 1.54) is 11.9 Å². The second-order valence-corrected chi connectivity index (χ2v) is 5.50. The van der Waals surface area contributed by atoms with Crippen molar-refractivity contribution in [1.82, 2.24) is 4.90 Å². The van der Waals surface area contributed by atoms with Gasteiger partial charge in [-0.3, -0.25) is 25.0 Å². The van der Waals surface area contributed by atoms with Gasteiger partial charge in [-0.1, -0.05) is 7.43 Å². The fourth-order valence-electron chi connectivity index (χ4n) is 2.22. The third-order valence-corrected chi connectivity index (χ3v) is 3.67. The standard InChI is InChI=1S/C17H17N3O7.CH4/c1-18(7-8-27-16-5-3-15(26-2)4-6-16)17(21)12-9-13(19(22)23)11-14(10-12)20(24)25;/h3-6,9-11H,7-8H2,1-2H3;1H4. The fourth-order valence-corrected chi connectivity index (χ4v) is 2.22. The summed E-state index contributed by atoms with van der Waals surface area (Å²) in [6, 6.07) is 9.71. The van der Waals surface area contributed by atoms with Crippen molar-refractivity contribution in [2.24, 2.45) is 0 Å². The molecule has 0 heterocycles. The number of nitro benzene ring substituents is 2. The third kappa shape index (κ3) is 5.66. The molecule has 0 saturated carbocycles. The molecule has 2 aromatic carbocycles. The number of nitrogens with zero attached hydrogens (tertiary/aromatic N) is 3. The van der Waals surface area contributed by atoms with Gasteiger partial charge in [-0.15, -0.1) is 0 Å². The summed E-state index contributed by atoms with van der Waals surface area (Å²) in [4.78, 5) is 34.0. The Labute approximate surface area is 161 Å². The Balaban J connectivity index is 0.00000392. The Bertz CT molecular complexity index is 821. The number of carbonyl (C=O) groups is 1. The quantitative estimate of drug-likeness (QED) is 0.499. The van der Waals surface area contributed by atoms with E-state index < -0.39 is 27.1 Å². The molecule has 0 atom stereocenters. The molecule has 1 amide bonds. The first-order valence-electron chi connectivity index (χ1n) is 7.78. The molecule has 0 spiro atoms. The van der Waals surface area contributed by atoms with Crippen molar-refractivity contribution in [2.75, 3.05) is 27.3 Å². The average Bonchev–Trinajstić information content (AvgIpc) is 2.67. The van der Waals surface area contributed by atoms with Crippen LogP contribution in [0.5, 0.6) is 11.5 Å². The Hall–Kier alpha value is -3.69. The molecule has 0 N–H and O–H groups in total. The normalized spacial score (nSPS) is 9.79. The molecule has 2 rings (SSSR count). The smallest absolute Gasteiger partial charge is 0.277 e. The van der Waals surface area contributed by atoms with Gasteiger partial charge in [-0.05, 0) is 24.3 Å². The number of carbonyl (C=O) groups excluding carboxylic acids is 1. The van der Waals surface area contributed by atoms with Gasteiger partial charge in [0.25, 0.3) is 17.3 Å². The average molecular weight is 391 g/mol. The van der Waals surface area contributed by atoms with E-state index in [1.54, 1.807) is 31.4 Å². The van der Waals surface area contributed by atoms with Gasteiger partial charge in [0, 0.05) is 19.2 Å². The highest BCUT2D eigenvalue weighted by molar-refractivity contribution is 5.95. The zero-order valence-electron chi connectivity index (χ0n) is 14.7. The van der Waals surface area contributed by atoms with E-state index in [2.05, 4.69) is 0 Å². The number of ether oxygens (including phenoxy) is 2. The van der Waals surface area contributed by atoms with E-state index in [0.29, 0.717) is 11.5 Å². The topological polar surface area (TPSA) is 125 Å². The molecule has 0 unspecified atom stereocenters. The Morgan fingerprint density at radius 3 is 1.96 bits per heavy atom. The summed E-state index contributed by atoms with van der Waals surface area (Å²) in [6.07, 6.45) is 0. The number of rotatable bonds is 8. The predicted molar refractivity (Wildman–Crippen MR) is 102 cm³/mol. The fraction of sp³-hybridized carbons (Fsp3) is 0.278. The number of hydrogen-bond acceptors (Lipinski definition) is 7. The number of hydrogen-bond donors (Lipinski definition) is 0. The molecule has 0 aliphatic rings. The second-order valence-electron chi connectivity index (χ2n) is 5.50. The molecule has 0 aliphatic heterocycles. The molecule has 10 nitrogen and oxygen atoms in total. The molecule has 10 heteroatoms. The number of benzene rings is 2. The van der Waals surface area contributed by atoms with E-state index >= 15 is 0 Å². The van der Waals surface area contributed by atoms with Crippen LogP contribution in [-0.2, 0) is 0 Å². The second kappa shape index (κ2) is 9.86. The highest BCUT2D eigenvalue weighted by Crippen LogP contribution is 2.23. The molecule has 2 aromatic rings. The minimum absolute atomic E-state index is 0. The lowest BCUT2D eigenvalue weighted by atomic mass is 10.1. The van der Waals surface area contributed by atoms with Gasteiger partial charge < -0.3 is 14.4 Å². The lowest BCUT2D eigenvalue weighted by molar-refractivity contribution is -0.394. The minimum Gasteiger partial charge on any atom is -0.497 e. The van der Waals surface area contributed by atoms with Gasteiger partial charge in [-0.25, -0.2) is 0 Å². The van der Waals surface area contributed by atoms with Crippen molar-refractivity contribution in [1.29, 1.82) is 0 Å². The van der Waals surface area contributed by atoms with Crippen molar-refractivity contribution in [3.8, 4) is 11.5 Å². The number of non-ortho nitro benzene ring substituents is 2. The molecule has 0 aromatic heterocycles. The third-order valence-electron chi connectivity index (χ3n) is 3.67. The molecule has 0 bridgehead atoms. The lowest BCUT2D eigenvalue weighted by Crippen LogP contribution is -2.31.